The zero-order valence-corrected chi connectivity index (χ0v) is 10.5. The fourth-order valence-corrected chi connectivity index (χ4v) is 2.68. The van der Waals surface area contributed by atoms with Crippen LogP contribution in [0.25, 0.3) is 0 Å². The fourth-order valence-electron chi connectivity index (χ4n) is 2.38. The number of halogens is 4. The third-order valence-electron chi connectivity index (χ3n) is 3.72. The Labute approximate surface area is 104 Å². The molecule has 0 amide bonds. The molecule has 4 heteroatoms. The van der Waals surface area contributed by atoms with Gasteiger partial charge in [-0.1, -0.05) is 25.4 Å². The van der Waals surface area contributed by atoms with Gasteiger partial charge in [0.1, 0.15) is 0 Å². The van der Waals surface area contributed by atoms with E-state index < -0.39 is 11.7 Å². The van der Waals surface area contributed by atoms with Gasteiger partial charge in [0.25, 0.3) is 0 Å². The summed E-state index contributed by atoms with van der Waals surface area (Å²) in [5, 5.41) is 0.448. The van der Waals surface area contributed by atoms with Crippen LogP contribution in [-0.2, 0) is 11.6 Å². The second kappa shape index (κ2) is 3.91. The van der Waals surface area contributed by atoms with Gasteiger partial charge in [0, 0.05) is 5.02 Å². The van der Waals surface area contributed by atoms with Crippen molar-refractivity contribution >= 4 is 11.6 Å². The lowest BCUT2D eigenvalue weighted by Gasteiger charge is -2.22. The van der Waals surface area contributed by atoms with Gasteiger partial charge in [-0.2, -0.15) is 13.2 Å². The average molecular weight is 263 g/mol. The minimum absolute atomic E-state index is 0.141. The predicted molar refractivity (Wildman–Crippen MR) is 62.2 cm³/mol. The molecule has 0 saturated heterocycles. The molecule has 0 aromatic heterocycles. The van der Waals surface area contributed by atoms with Crippen LogP contribution < -0.4 is 0 Å². The normalized spacial score (nSPS) is 18.5. The Balaban J connectivity index is 2.48. The van der Waals surface area contributed by atoms with Crippen molar-refractivity contribution in [2.45, 2.75) is 38.3 Å². The Hall–Kier alpha value is -0.700. The molecule has 1 aliphatic carbocycles. The Bertz CT molecular complexity index is 431. The molecule has 0 atom stereocenters. The molecule has 0 heterocycles. The van der Waals surface area contributed by atoms with Crippen LogP contribution in [0, 0.1) is 5.92 Å². The highest BCUT2D eigenvalue weighted by molar-refractivity contribution is 6.31. The quantitative estimate of drug-likeness (QED) is 0.700. The van der Waals surface area contributed by atoms with Gasteiger partial charge in [0.05, 0.1) is 5.56 Å². The maximum absolute atomic E-state index is 12.7. The van der Waals surface area contributed by atoms with Crippen molar-refractivity contribution in [2.24, 2.45) is 5.92 Å². The van der Waals surface area contributed by atoms with E-state index in [0.29, 0.717) is 16.5 Å². The van der Waals surface area contributed by atoms with Crippen molar-refractivity contribution in [3.05, 3.63) is 34.3 Å². The number of hydrogen-bond acceptors (Lipinski definition) is 0. The number of rotatable bonds is 2. The maximum Gasteiger partial charge on any atom is 0.416 e. The highest BCUT2D eigenvalue weighted by atomic mass is 35.5. The number of benzene rings is 1. The summed E-state index contributed by atoms with van der Waals surface area (Å²) in [7, 11) is 0. The molecule has 2 rings (SSSR count). The molecule has 0 N–H and O–H groups in total. The van der Waals surface area contributed by atoms with Crippen LogP contribution in [-0.4, -0.2) is 0 Å². The van der Waals surface area contributed by atoms with E-state index in [-0.39, 0.29) is 5.41 Å². The first-order valence-electron chi connectivity index (χ1n) is 5.64. The third-order valence-corrected chi connectivity index (χ3v) is 4.05. The van der Waals surface area contributed by atoms with Crippen LogP contribution in [0.3, 0.4) is 0 Å². The fraction of sp³-hybridized carbons (Fsp3) is 0.538. The largest absolute Gasteiger partial charge is 0.416 e. The van der Waals surface area contributed by atoms with E-state index in [1.165, 1.54) is 12.1 Å². The van der Waals surface area contributed by atoms with Crippen LogP contribution in [0.4, 0.5) is 13.2 Å². The maximum atomic E-state index is 12.7. The lowest BCUT2D eigenvalue weighted by molar-refractivity contribution is -0.137. The molecule has 17 heavy (non-hydrogen) atoms. The Morgan fingerprint density at radius 1 is 1.24 bits per heavy atom. The molecule has 1 saturated carbocycles. The molecular formula is C13H14ClF3. The van der Waals surface area contributed by atoms with E-state index in [9.17, 15) is 13.2 Å². The molecule has 0 spiro atoms. The topological polar surface area (TPSA) is 0 Å². The summed E-state index contributed by atoms with van der Waals surface area (Å²) in [5.41, 5.74) is -0.0916. The van der Waals surface area contributed by atoms with E-state index in [1.54, 1.807) is 0 Å². The molecule has 0 bridgehead atoms. The molecular weight excluding hydrogens is 249 g/mol. The molecule has 0 aliphatic heterocycles. The lowest BCUT2D eigenvalue weighted by atomic mass is 9.84. The number of hydrogen-bond donors (Lipinski definition) is 0. The highest BCUT2D eigenvalue weighted by Gasteiger charge is 2.48. The van der Waals surface area contributed by atoms with Crippen molar-refractivity contribution < 1.29 is 13.2 Å². The lowest BCUT2D eigenvalue weighted by Crippen LogP contribution is -2.17. The molecule has 1 aromatic rings. The predicted octanol–water partition coefficient (Wildman–Crippen LogP) is 5.05. The SMILES string of the molecule is CC(C)C1(c2cc(C(F)(F)F)ccc2Cl)CC1. The van der Waals surface area contributed by atoms with Gasteiger partial charge in [-0.05, 0) is 47.9 Å². The number of alkyl halides is 3. The smallest absolute Gasteiger partial charge is 0.166 e. The van der Waals surface area contributed by atoms with Crippen LogP contribution in [0.5, 0.6) is 0 Å². The zero-order valence-electron chi connectivity index (χ0n) is 9.74. The van der Waals surface area contributed by atoms with E-state index >= 15 is 0 Å². The van der Waals surface area contributed by atoms with Gasteiger partial charge in [-0.15, -0.1) is 0 Å². The van der Waals surface area contributed by atoms with Crippen molar-refractivity contribution in [3.8, 4) is 0 Å². The minimum atomic E-state index is -4.30. The van der Waals surface area contributed by atoms with Gasteiger partial charge in [0.15, 0.2) is 0 Å². The summed E-state index contributed by atoms with van der Waals surface area (Å²) in [6.45, 7) is 4.06. The van der Waals surface area contributed by atoms with Crippen LogP contribution in [0.2, 0.25) is 5.02 Å². The van der Waals surface area contributed by atoms with Crippen LogP contribution in [0.15, 0.2) is 18.2 Å². The van der Waals surface area contributed by atoms with Crippen molar-refractivity contribution in [1.29, 1.82) is 0 Å². The first-order chi connectivity index (χ1) is 7.77. The summed E-state index contributed by atoms with van der Waals surface area (Å²) in [6, 6.07) is 3.62. The van der Waals surface area contributed by atoms with Gasteiger partial charge < -0.3 is 0 Å². The minimum Gasteiger partial charge on any atom is -0.166 e. The van der Waals surface area contributed by atoms with Gasteiger partial charge in [-0.25, -0.2) is 0 Å². The molecule has 1 aliphatic rings. The van der Waals surface area contributed by atoms with Gasteiger partial charge in [-0.3, -0.25) is 0 Å². The summed E-state index contributed by atoms with van der Waals surface area (Å²) in [5.74, 6) is 0.309. The van der Waals surface area contributed by atoms with Crippen molar-refractivity contribution in [3.63, 3.8) is 0 Å². The molecule has 0 nitrogen and oxygen atoms in total. The van der Waals surface area contributed by atoms with Gasteiger partial charge in [0.2, 0.25) is 0 Å². The summed E-state index contributed by atoms with van der Waals surface area (Å²) >= 11 is 6.05. The second-order valence-electron chi connectivity index (χ2n) is 5.00. The van der Waals surface area contributed by atoms with Crippen LogP contribution >= 0.6 is 11.6 Å². The second-order valence-corrected chi connectivity index (χ2v) is 5.41. The van der Waals surface area contributed by atoms with E-state index in [2.05, 4.69) is 0 Å². The Morgan fingerprint density at radius 3 is 2.24 bits per heavy atom. The first-order valence-corrected chi connectivity index (χ1v) is 6.02. The van der Waals surface area contributed by atoms with E-state index in [0.717, 1.165) is 18.9 Å². The third kappa shape index (κ3) is 2.17. The molecule has 0 unspecified atom stereocenters. The Morgan fingerprint density at radius 2 is 1.82 bits per heavy atom. The van der Waals surface area contributed by atoms with Crippen molar-refractivity contribution in [1.82, 2.24) is 0 Å². The van der Waals surface area contributed by atoms with Crippen LogP contribution in [0.1, 0.15) is 37.8 Å². The molecule has 1 fully saturated rings. The Kier molecular flexibility index (Phi) is 2.93. The molecule has 94 valence electrons. The zero-order chi connectivity index (χ0) is 12.8. The van der Waals surface area contributed by atoms with Gasteiger partial charge >= 0.3 is 6.18 Å². The molecule has 1 aromatic carbocycles. The summed E-state index contributed by atoms with van der Waals surface area (Å²) in [6.07, 6.45) is -2.45. The summed E-state index contributed by atoms with van der Waals surface area (Å²) < 4.78 is 38.0. The van der Waals surface area contributed by atoms with Crippen molar-refractivity contribution in [2.75, 3.05) is 0 Å². The standard InChI is InChI=1S/C13H14ClF3/c1-8(2)12(5-6-12)10-7-9(13(15,16)17)3-4-11(10)14/h3-4,7-8H,5-6H2,1-2H3. The summed E-state index contributed by atoms with van der Waals surface area (Å²) in [4.78, 5) is 0. The molecule has 0 radical (unpaired) electrons. The monoisotopic (exact) mass is 262 g/mol. The van der Waals surface area contributed by atoms with E-state index in [4.69, 9.17) is 11.6 Å². The highest BCUT2D eigenvalue weighted by Crippen LogP contribution is 2.56. The van der Waals surface area contributed by atoms with E-state index in [1.807, 2.05) is 13.8 Å². The first kappa shape index (κ1) is 12.7. The average Bonchev–Trinajstić information content (AvgIpc) is 2.97.